The second kappa shape index (κ2) is 6.21. The Morgan fingerprint density at radius 1 is 1.39 bits per heavy atom. The smallest absolute Gasteiger partial charge is 0.119 e. The van der Waals surface area contributed by atoms with Crippen LogP contribution in [-0.2, 0) is 13.1 Å². The zero-order chi connectivity index (χ0) is 12.8. The van der Waals surface area contributed by atoms with E-state index in [1.165, 1.54) is 5.56 Å². The van der Waals surface area contributed by atoms with Crippen molar-refractivity contribution >= 4 is 0 Å². The molecule has 4 heteroatoms. The monoisotopic (exact) mass is 245 g/mol. The summed E-state index contributed by atoms with van der Waals surface area (Å²) in [5.41, 5.74) is 2.26. The first-order chi connectivity index (χ1) is 8.78. The van der Waals surface area contributed by atoms with Crippen molar-refractivity contribution in [1.29, 1.82) is 0 Å². The summed E-state index contributed by atoms with van der Waals surface area (Å²) in [6, 6.07) is 8.09. The van der Waals surface area contributed by atoms with Crippen molar-refractivity contribution in [1.82, 2.24) is 14.9 Å². The fraction of sp³-hybridized carbons (Fsp3) is 0.357. The molecule has 1 aromatic carbocycles. The lowest BCUT2D eigenvalue weighted by Gasteiger charge is -2.07. The molecule has 2 aromatic rings. The van der Waals surface area contributed by atoms with Gasteiger partial charge in [0, 0.05) is 12.7 Å². The summed E-state index contributed by atoms with van der Waals surface area (Å²) >= 11 is 0. The van der Waals surface area contributed by atoms with E-state index in [2.05, 4.69) is 23.3 Å². The van der Waals surface area contributed by atoms with Gasteiger partial charge in [0.15, 0.2) is 0 Å². The average Bonchev–Trinajstić information content (AvgIpc) is 2.78. The van der Waals surface area contributed by atoms with E-state index in [1.807, 2.05) is 42.3 Å². The second-order valence-electron chi connectivity index (χ2n) is 4.30. The van der Waals surface area contributed by atoms with E-state index in [0.29, 0.717) is 6.61 Å². The van der Waals surface area contributed by atoms with Gasteiger partial charge in [-0.05, 0) is 31.7 Å². The van der Waals surface area contributed by atoms with Gasteiger partial charge in [-0.3, -0.25) is 0 Å². The first-order valence-corrected chi connectivity index (χ1v) is 6.12. The third kappa shape index (κ3) is 3.60. The maximum atomic E-state index is 5.70. The van der Waals surface area contributed by atoms with Crippen LogP contribution in [0, 0.1) is 6.92 Å². The van der Waals surface area contributed by atoms with Gasteiger partial charge in [-0.15, -0.1) is 0 Å². The maximum absolute atomic E-state index is 5.70. The summed E-state index contributed by atoms with van der Waals surface area (Å²) in [5.74, 6) is 0.922. The van der Waals surface area contributed by atoms with Crippen molar-refractivity contribution in [3.05, 3.63) is 48.0 Å². The van der Waals surface area contributed by atoms with Crippen LogP contribution in [0.5, 0.6) is 5.75 Å². The molecule has 0 atom stereocenters. The molecule has 1 heterocycles. The lowest BCUT2D eigenvalue weighted by molar-refractivity contribution is 0.298. The highest BCUT2D eigenvalue weighted by Crippen LogP contribution is 2.12. The Morgan fingerprint density at radius 3 is 3.06 bits per heavy atom. The number of hydrogen-bond donors (Lipinski definition) is 1. The minimum Gasteiger partial charge on any atom is -0.492 e. The number of ether oxygens (including phenoxy) is 1. The normalized spacial score (nSPS) is 10.6. The summed E-state index contributed by atoms with van der Waals surface area (Å²) in [6.07, 6.45) is 3.88. The largest absolute Gasteiger partial charge is 0.492 e. The van der Waals surface area contributed by atoms with Gasteiger partial charge < -0.3 is 14.6 Å². The first-order valence-electron chi connectivity index (χ1n) is 6.12. The van der Waals surface area contributed by atoms with Crippen LogP contribution >= 0.6 is 0 Å². The number of aryl methyl sites for hydroxylation is 1. The zero-order valence-electron chi connectivity index (χ0n) is 10.9. The van der Waals surface area contributed by atoms with Crippen molar-refractivity contribution in [2.75, 3.05) is 13.7 Å². The molecule has 0 fully saturated rings. The quantitative estimate of drug-likeness (QED) is 0.846. The first kappa shape index (κ1) is 12.6. The minimum absolute atomic E-state index is 0.652. The molecule has 96 valence electrons. The molecule has 1 N–H and O–H groups in total. The second-order valence-corrected chi connectivity index (χ2v) is 4.30. The molecule has 0 radical (unpaired) electrons. The van der Waals surface area contributed by atoms with Crippen LogP contribution in [0.4, 0.5) is 0 Å². The van der Waals surface area contributed by atoms with Gasteiger partial charge in [0.2, 0.25) is 0 Å². The predicted octanol–water partition coefficient (Wildman–Crippen LogP) is 1.99. The van der Waals surface area contributed by atoms with Crippen LogP contribution in [0.25, 0.3) is 0 Å². The predicted molar refractivity (Wildman–Crippen MR) is 71.7 cm³/mol. The molecule has 0 unspecified atom stereocenters. The van der Waals surface area contributed by atoms with Gasteiger partial charge >= 0.3 is 0 Å². The van der Waals surface area contributed by atoms with Crippen LogP contribution in [0.1, 0.15) is 11.3 Å². The summed E-state index contributed by atoms with van der Waals surface area (Å²) in [6.45, 7) is 4.32. The molecule has 0 bridgehead atoms. The van der Waals surface area contributed by atoms with Crippen LogP contribution in [0.3, 0.4) is 0 Å². The average molecular weight is 245 g/mol. The van der Waals surface area contributed by atoms with E-state index in [1.54, 1.807) is 0 Å². The number of nitrogens with one attached hydrogen (secondary N) is 1. The molecule has 0 spiro atoms. The number of benzene rings is 1. The molecule has 2 rings (SSSR count). The lowest BCUT2D eigenvalue weighted by atomic mass is 10.2. The minimum atomic E-state index is 0.652. The van der Waals surface area contributed by atoms with Gasteiger partial charge in [-0.25, -0.2) is 4.98 Å². The molecule has 0 aliphatic carbocycles. The Morgan fingerprint density at radius 2 is 2.28 bits per heavy atom. The highest BCUT2D eigenvalue weighted by atomic mass is 16.5. The molecule has 0 saturated heterocycles. The van der Waals surface area contributed by atoms with Crippen molar-refractivity contribution in [3.8, 4) is 5.75 Å². The van der Waals surface area contributed by atoms with Gasteiger partial charge in [0.05, 0.1) is 18.6 Å². The Hall–Kier alpha value is -1.81. The number of hydrogen-bond acceptors (Lipinski definition) is 3. The third-order valence-corrected chi connectivity index (χ3v) is 2.65. The summed E-state index contributed by atoms with van der Waals surface area (Å²) in [5, 5.41) is 3.08. The Labute approximate surface area is 108 Å². The molecular formula is C14H19N3O. The molecule has 1 aromatic heterocycles. The summed E-state index contributed by atoms with van der Waals surface area (Å²) < 4.78 is 7.74. The van der Waals surface area contributed by atoms with Gasteiger partial charge in [-0.1, -0.05) is 12.1 Å². The van der Waals surface area contributed by atoms with E-state index in [9.17, 15) is 0 Å². The van der Waals surface area contributed by atoms with E-state index in [-0.39, 0.29) is 0 Å². The fourth-order valence-electron chi connectivity index (χ4n) is 1.78. The molecule has 0 saturated carbocycles. The van der Waals surface area contributed by atoms with E-state index in [0.717, 1.165) is 24.5 Å². The highest BCUT2D eigenvalue weighted by molar-refractivity contribution is 5.27. The van der Waals surface area contributed by atoms with Gasteiger partial charge in [0.1, 0.15) is 12.4 Å². The SMILES string of the molecule is CNCc1cn(CCOc2cccc(C)c2)cn1. The summed E-state index contributed by atoms with van der Waals surface area (Å²) in [7, 11) is 1.92. The molecule has 18 heavy (non-hydrogen) atoms. The number of nitrogens with zero attached hydrogens (tertiary/aromatic N) is 2. The van der Waals surface area contributed by atoms with Crippen molar-refractivity contribution in [2.45, 2.75) is 20.0 Å². The van der Waals surface area contributed by atoms with Crippen LogP contribution in [0.2, 0.25) is 0 Å². The van der Waals surface area contributed by atoms with Gasteiger partial charge in [0.25, 0.3) is 0 Å². The van der Waals surface area contributed by atoms with Crippen molar-refractivity contribution < 1.29 is 4.74 Å². The number of aromatic nitrogens is 2. The highest BCUT2D eigenvalue weighted by Gasteiger charge is 1.98. The molecule has 0 amide bonds. The van der Waals surface area contributed by atoms with Gasteiger partial charge in [-0.2, -0.15) is 0 Å². The van der Waals surface area contributed by atoms with Crippen LogP contribution < -0.4 is 10.1 Å². The molecule has 0 aliphatic heterocycles. The number of rotatable bonds is 6. The Bertz CT molecular complexity index is 493. The summed E-state index contributed by atoms with van der Waals surface area (Å²) in [4.78, 5) is 4.29. The molecular weight excluding hydrogens is 226 g/mol. The standard InChI is InChI=1S/C14H19N3O/c1-12-4-3-5-14(8-12)18-7-6-17-10-13(9-15-2)16-11-17/h3-5,8,10-11,15H,6-7,9H2,1-2H3. The molecule has 0 aliphatic rings. The fourth-order valence-corrected chi connectivity index (χ4v) is 1.78. The molecule has 4 nitrogen and oxygen atoms in total. The zero-order valence-corrected chi connectivity index (χ0v) is 10.9. The van der Waals surface area contributed by atoms with Crippen LogP contribution in [-0.4, -0.2) is 23.2 Å². The maximum Gasteiger partial charge on any atom is 0.119 e. The topological polar surface area (TPSA) is 39.1 Å². The van der Waals surface area contributed by atoms with Crippen molar-refractivity contribution in [3.63, 3.8) is 0 Å². The van der Waals surface area contributed by atoms with E-state index < -0.39 is 0 Å². The number of imidazole rings is 1. The Kier molecular flexibility index (Phi) is 4.36. The third-order valence-electron chi connectivity index (χ3n) is 2.65. The lowest BCUT2D eigenvalue weighted by Crippen LogP contribution is -2.07. The van der Waals surface area contributed by atoms with Crippen LogP contribution in [0.15, 0.2) is 36.8 Å². The Balaban J connectivity index is 1.81. The van der Waals surface area contributed by atoms with E-state index >= 15 is 0 Å². The van der Waals surface area contributed by atoms with E-state index in [4.69, 9.17) is 4.74 Å². The van der Waals surface area contributed by atoms with Crippen molar-refractivity contribution in [2.24, 2.45) is 0 Å².